The SMILES string of the molecule is CCOC(=O)CCCCc1cc(=O)oc2cc(OC)ccc12. The molecule has 5 nitrogen and oxygen atoms in total. The topological polar surface area (TPSA) is 65.7 Å². The predicted octanol–water partition coefficient (Wildman–Crippen LogP) is 3.08. The molecule has 2 aromatic rings. The molecule has 2 rings (SSSR count). The third-order valence-electron chi connectivity index (χ3n) is 3.42. The van der Waals surface area contributed by atoms with Crippen molar-refractivity contribution < 1.29 is 18.7 Å². The van der Waals surface area contributed by atoms with E-state index >= 15 is 0 Å². The number of methoxy groups -OCH3 is 1. The zero-order valence-electron chi connectivity index (χ0n) is 12.9. The third-order valence-corrected chi connectivity index (χ3v) is 3.42. The van der Waals surface area contributed by atoms with E-state index in [-0.39, 0.29) is 11.6 Å². The van der Waals surface area contributed by atoms with Crippen LogP contribution in [0.5, 0.6) is 5.75 Å². The average molecular weight is 304 g/mol. The number of ether oxygens (including phenoxy) is 2. The molecule has 0 N–H and O–H groups in total. The Morgan fingerprint density at radius 1 is 1.23 bits per heavy atom. The van der Waals surface area contributed by atoms with Gasteiger partial charge < -0.3 is 13.9 Å². The van der Waals surface area contributed by atoms with Crippen LogP contribution in [0.3, 0.4) is 0 Å². The molecule has 5 heteroatoms. The Hall–Kier alpha value is -2.30. The first-order chi connectivity index (χ1) is 10.6. The van der Waals surface area contributed by atoms with Crippen molar-refractivity contribution in [1.82, 2.24) is 0 Å². The summed E-state index contributed by atoms with van der Waals surface area (Å²) in [7, 11) is 1.57. The summed E-state index contributed by atoms with van der Waals surface area (Å²) in [4.78, 5) is 22.9. The summed E-state index contributed by atoms with van der Waals surface area (Å²) in [6.45, 7) is 2.20. The number of carbonyl (C=O) groups is 1. The molecule has 118 valence electrons. The van der Waals surface area contributed by atoms with E-state index in [0.29, 0.717) is 30.8 Å². The second-order valence-electron chi connectivity index (χ2n) is 4.96. The van der Waals surface area contributed by atoms with Crippen molar-refractivity contribution >= 4 is 16.9 Å². The van der Waals surface area contributed by atoms with E-state index in [0.717, 1.165) is 23.8 Å². The maximum Gasteiger partial charge on any atom is 0.336 e. The number of benzene rings is 1. The van der Waals surface area contributed by atoms with Crippen LogP contribution in [0.1, 0.15) is 31.7 Å². The van der Waals surface area contributed by atoms with Crippen LogP contribution in [-0.4, -0.2) is 19.7 Å². The van der Waals surface area contributed by atoms with Crippen LogP contribution in [0.4, 0.5) is 0 Å². The molecular weight excluding hydrogens is 284 g/mol. The molecule has 0 fully saturated rings. The molecule has 0 spiro atoms. The van der Waals surface area contributed by atoms with E-state index in [1.54, 1.807) is 20.1 Å². The molecule has 22 heavy (non-hydrogen) atoms. The van der Waals surface area contributed by atoms with Gasteiger partial charge in [0.15, 0.2) is 0 Å². The van der Waals surface area contributed by atoms with Crippen molar-refractivity contribution in [3.63, 3.8) is 0 Å². The van der Waals surface area contributed by atoms with Crippen LogP contribution >= 0.6 is 0 Å². The summed E-state index contributed by atoms with van der Waals surface area (Å²) < 4.78 is 15.2. The largest absolute Gasteiger partial charge is 0.497 e. The van der Waals surface area contributed by atoms with Crippen LogP contribution in [0.2, 0.25) is 0 Å². The normalized spacial score (nSPS) is 10.6. The Morgan fingerprint density at radius 2 is 2.05 bits per heavy atom. The zero-order chi connectivity index (χ0) is 15.9. The first kappa shape index (κ1) is 16.1. The smallest absolute Gasteiger partial charge is 0.336 e. The van der Waals surface area contributed by atoms with Gasteiger partial charge in [0, 0.05) is 23.9 Å². The Kier molecular flexibility index (Phi) is 5.58. The monoisotopic (exact) mass is 304 g/mol. The van der Waals surface area contributed by atoms with Crippen LogP contribution in [-0.2, 0) is 16.0 Å². The van der Waals surface area contributed by atoms with Gasteiger partial charge in [0.1, 0.15) is 11.3 Å². The van der Waals surface area contributed by atoms with E-state index in [1.807, 2.05) is 12.1 Å². The lowest BCUT2D eigenvalue weighted by Gasteiger charge is -2.07. The number of unbranched alkanes of at least 4 members (excludes halogenated alkanes) is 1. The molecule has 0 saturated carbocycles. The lowest BCUT2D eigenvalue weighted by Crippen LogP contribution is -2.04. The summed E-state index contributed by atoms with van der Waals surface area (Å²) in [6, 6.07) is 6.94. The number of hydrogen-bond donors (Lipinski definition) is 0. The van der Waals surface area contributed by atoms with E-state index in [9.17, 15) is 9.59 Å². The molecule has 0 aliphatic heterocycles. The van der Waals surface area contributed by atoms with Crippen LogP contribution in [0.25, 0.3) is 11.0 Å². The summed E-state index contributed by atoms with van der Waals surface area (Å²) in [5.74, 6) is 0.472. The maximum absolute atomic E-state index is 11.6. The first-order valence-electron chi connectivity index (χ1n) is 7.40. The molecule has 1 heterocycles. The summed E-state index contributed by atoms with van der Waals surface area (Å²) >= 11 is 0. The van der Waals surface area contributed by atoms with Crippen molar-refractivity contribution in [2.24, 2.45) is 0 Å². The molecule has 0 aliphatic carbocycles. The van der Waals surface area contributed by atoms with E-state index in [4.69, 9.17) is 13.9 Å². The van der Waals surface area contributed by atoms with Gasteiger partial charge in [0.2, 0.25) is 0 Å². The lowest BCUT2D eigenvalue weighted by molar-refractivity contribution is -0.143. The van der Waals surface area contributed by atoms with Gasteiger partial charge in [-0.2, -0.15) is 0 Å². The van der Waals surface area contributed by atoms with E-state index in [2.05, 4.69) is 0 Å². The average Bonchev–Trinajstić information content (AvgIpc) is 2.50. The van der Waals surface area contributed by atoms with Gasteiger partial charge in [-0.3, -0.25) is 4.79 Å². The first-order valence-corrected chi connectivity index (χ1v) is 7.40. The lowest BCUT2D eigenvalue weighted by atomic mass is 10.0. The molecule has 0 atom stereocenters. The minimum absolute atomic E-state index is 0.176. The fourth-order valence-electron chi connectivity index (χ4n) is 2.36. The van der Waals surface area contributed by atoms with Gasteiger partial charge in [-0.05, 0) is 43.9 Å². The number of carbonyl (C=O) groups excluding carboxylic acids is 1. The summed E-state index contributed by atoms with van der Waals surface area (Å²) in [6.07, 6.45) is 2.66. The van der Waals surface area contributed by atoms with Crippen LogP contribution in [0, 0.1) is 0 Å². The second-order valence-corrected chi connectivity index (χ2v) is 4.96. The van der Waals surface area contributed by atoms with Gasteiger partial charge in [-0.1, -0.05) is 0 Å². The highest BCUT2D eigenvalue weighted by Crippen LogP contribution is 2.23. The Morgan fingerprint density at radius 3 is 2.77 bits per heavy atom. The molecular formula is C17H20O5. The number of aryl methyl sites for hydroxylation is 1. The van der Waals surface area contributed by atoms with Crippen molar-refractivity contribution in [2.45, 2.75) is 32.6 Å². The highest BCUT2D eigenvalue weighted by atomic mass is 16.5. The van der Waals surface area contributed by atoms with E-state index < -0.39 is 0 Å². The number of esters is 1. The fourth-order valence-corrected chi connectivity index (χ4v) is 2.36. The molecule has 0 aliphatic rings. The zero-order valence-corrected chi connectivity index (χ0v) is 12.9. The maximum atomic E-state index is 11.6. The van der Waals surface area contributed by atoms with Crippen molar-refractivity contribution in [1.29, 1.82) is 0 Å². The van der Waals surface area contributed by atoms with Gasteiger partial charge in [0.05, 0.1) is 13.7 Å². The Labute approximate surface area is 128 Å². The summed E-state index contributed by atoms with van der Waals surface area (Å²) in [5.41, 5.74) is 1.08. The van der Waals surface area contributed by atoms with Crippen molar-refractivity contribution in [3.8, 4) is 5.75 Å². The molecule has 0 amide bonds. The standard InChI is InChI=1S/C17H20O5/c1-3-21-16(18)7-5-4-6-12-10-17(19)22-15-11-13(20-2)8-9-14(12)15/h8-11H,3-7H2,1-2H3. The third kappa shape index (κ3) is 4.10. The Bertz CT molecular complexity index is 702. The van der Waals surface area contributed by atoms with Crippen molar-refractivity contribution in [3.05, 3.63) is 40.2 Å². The van der Waals surface area contributed by atoms with Gasteiger partial charge >= 0.3 is 11.6 Å². The number of rotatable bonds is 7. The highest BCUT2D eigenvalue weighted by Gasteiger charge is 2.08. The quantitative estimate of drug-likeness (QED) is 0.447. The molecule has 0 saturated heterocycles. The van der Waals surface area contributed by atoms with Gasteiger partial charge in [0.25, 0.3) is 0 Å². The second kappa shape index (κ2) is 7.64. The minimum atomic E-state index is -0.374. The fraction of sp³-hybridized carbons (Fsp3) is 0.412. The summed E-state index contributed by atoms with van der Waals surface area (Å²) in [5, 5.41) is 0.900. The van der Waals surface area contributed by atoms with E-state index in [1.165, 1.54) is 6.07 Å². The molecule has 0 radical (unpaired) electrons. The van der Waals surface area contributed by atoms with Gasteiger partial charge in [-0.15, -0.1) is 0 Å². The molecule has 1 aromatic carbocycles. The van der Waals surface area contributed by atoms with Crippen LogP contribution in [0.15, 0.2) is 33.5 Å². The van der Waals surface area contributed by atoms with Gasteiger partial charge in [-0.25, -0.2) is 4.79 Å². The number of hydrogen-bond acceptors (Lipinski definition) is 5. The highest BCUT2D eigenvalue weighted by molar-refractivity contribution is 5.81. The van der Waals surface area contributed by atoms with Crippen molar-refractivity contribution in [2.75, 3.05) is 13.7 Å². The van der Waals surface area contributed by atoms with Crippen LogP contribution < -0.4 is 10.4 Å². The predicted molar refractivity (Wildman–Crippen MR) is 83.2 cm³/mol. The number of fused-ring (bicyclic) bond motifs is 1. The minimum Gasteiger partial charge on any atom is -0.497 e. The molecule has 0 unspecified atom stereocenters. The molecule has 0 bridgehead atoms. The molecule has 1 aromatic heterocycles. The Balaban J connectivity index is 2.07.